The molecule has 1 fully saturated rings. The molecule has 0 atom stereocenters. The van der Waals surface area contributed by atoms with Crippen molar-refractivity contribution in [3.8, 4) is 5.75 Å². The molecule has 0 aromatic heterocycles. The summed E-state index contributed by atoms with van der Waals surface area (Å²) >= 11 is 6.09. The van der Waals surface area contributed by atoms with Gasteiger partial charge >= 0.3 is 0 Å². The fourth-order valence-electron chi connectivity index (χ4n) is 2.90. The van der Waals surface area contributed by atoms with E-state index < -0.39 is 0 Å². The van der Waals surface area contributed by atoms with Gasteiger partial charge < -0.3 is 15.0 Å². The van der Waals surface area contributed by atoms with Gasteiger partial charge in [0.15, 0.2) is 0 Å². The Labute approximate surface area is 151 Å². The average Bonchev–Trinajstić information content (AvgIpc) is 3.02. The molecule has 0 spiro atoms. The van der Waals surface area contributed by atoms with E-state index in [1.807, 2.05) is 18.2 Å². The number of carbonyl (C=O) groups is 2. The fourth-order valence-corrected chi connectivity index (χ4v) is 3.10. The average molecular weight is 359 g/mol. The van der Waals surface area contributed by atoms with Crippen molar-refractivity contribution >= 4 is 34.8 Å². The summed E-state index contributed by atoms with van der Waals surface area (Å²) in [5, 5.41) is 3.41. The third-order valence-corrected chi connectivity index (χ3v) is 4.51. The van der Waals surface area contributed by atoms with Crippen LogP contribution in [-0.4, -0.2) is 25.5 Å². The van der Waals surface area contributed by atoms with Crippen molar-refractivity contribution in [1.29, 1.82) is 0 Å². The van der Waals surface area contributed by atoms with Crippen LogP contribution < -0.4 is 15.0 Å². The van der Waals surface area contributed by atoms with E-state index in [9.17, 15) is 9.59 Å². The van der Waals surface area contributed by atoms with E-state index in [0.29, 0.717) is 29.4 Å². The highest BCUT2D eigenvalue weighted by Gasteiger charge is 2.24. The minimum atomic E-state index is -0.167. The molecule has 1 aliphatic rings. The van der Waals surface area contributed by atoms with Crippen LogP contribution in [0, 0.1) is 0 Å². The molecule has 0 radical (unpaired) electrons. The van der Waals surface area contributed by atoms with Gasteiger partial charge in [0.2, 0.25) is 11.8 Å². The van der Waals surface area contributed by atoms with Crippen LogP contribution >= 0.6 is 11.6 Å². The molecule has 0 aliphatic carbocycles. The summed E-state index contributed by atoms with van der Waals surface area (Å²) in [5.74, 6) is 0.486. The number of halogens is 1. The smallest absolute Gasteiger partial charge is 0.228 e. The van der Waals surface area contributed by atoms with Gasteiger partial charge in [0, 0.05) is 29.7 Å². The Hall–Kier alpha value is -2.53. The van der Waals surface area contributed by atoms with E-state index in [1.165, 1.54) is 0 Å². The Morgan fingerprint density at radius 2 is 2.08 bits per heavy atom. The Kier molecular flexibility index (Phi) is 5.24. The third-order valence-electron chi connectivity index (χ3n) is 4.14. The first-order valence-corrected chi connectivity index (χ1v) is 8.48. The molecule has 1 saturated heterocycles. The number of benzene rings is 2. The lowest BCUT2D eigenvalue weighted by Gasteiger charge is -2.19. The van der Waals surface area contributed by atoms with Gasteiger partial charge in [-0.25, -0.2) is 0 Å². The summed E-state index contributed by atoms with van der Waals surface area (Å²) in [5.41, 5.74) is 2.12. The van der Waals surface area contributed by atoms with Gasteiger partial charge in [0.05, 0.1) is 19.2 Å². The first-order valence-electron chi connectivity index (χ1n) is 8.10. The number of carbonyl (C=O) groups excluding carboxylic acids is 2. The van der Waals surface area contributed by atoms with E-state index in [0.717, 1.165) is 17.7 Å². The lowest BCUT2D eigenvalue weighted by Crippen LogP contribution is -2.24. The summed E-state index contributed by atoms with van der Waals surface area (Å²) in [6.45, 7) is 0.688. The molecule has 1 aliphatic heterocycles. The molecule has 0 unspecified atom stereocenters. The maximum absolute atomic E-state index is 12.3. The number of anilines is 2. The molecular weight excluding hydrogens is 340 g/mol. The number of nitrogens with one attached hydrogen (secondary N) is 1. The number of hydrogen-bond acceptors (Lipinski definition) is 3. The standard InChI is InChI=1S/C19H19ClN2O3/c1-25-17-12-14(8-9-16(17)22-10-4-7-19(22)24)21-18(23)11-13-5-2-3-6-15(13)20/h2-3,5-6,8-9,12H,4,7,10-11H2,1H3,(H,21,23). The van der Waals surface area contributed by atoms with Crippen molar-refractivity contribution in [1.82, 2.24) is 0 Å². The van der Waals surface area contributed by atoms with Crippen molar-refractivity contribution in [2.24, 2.45) is 0 Å². The molecule has 1 heterocycles. The molecule has 2 amide bonds. The summed E-state index contributed by atoms with van der Waals surface area (Å²) < 4.78 is 5.40. The number of nitrogens with zero attached hydrogens (tertiary/aromatic N) is 1. The molecule has 3 rings (SSSR count). The molecular formula is C19H19ClN2O3. The van der Waals surface area contributed by atoms with Gasteiger partial charge in [0.1, 0.15) is 5.75 Å². The van der Waals surface area contributed by atoms with Crippen molar-refractivity contribution in [2.75, 3.05) is 23.9 Å². The van der Waals surface area contributed by atoms with Crippen LogP contribution in [0.5, 0.6) is 5.75 Å². The van der Waals surface area contributed by atoms with Crippen LogP contribution in [-0.2, 0) is 16.0 Å². The first-order chi connectivity index (χ1) is 12.1. The minimum absolute atomic E-state index is 0.0915. The summed E-state index contributed by atoms with van der Waals surface area (Å²) in [6, 6.07) is 12.6. The molecule has 130 valence electrons. The third kappa shape index (κ3) is 3.94. The van der Waals surface area contributed by atoms with E-state index in [2.05, 4.69) is 5.32 Å². The topological polar surface area (TPSA) is 58.6 Å². The van der Waals surface area contributed by atoms with E-state index >= 15 is 0 Å². The van der Waals surface area contributed by atoms with Crippen molar-refractivity contribution in [2.45, 2.75) is 19.3 Å². The van der Waals surface area contributed by atoms with Crippen LogP contribution in [0.2, 0.25) is 5.02 Å². The zero-order valence-corrected chi connectivity index (χ0v) is 14.7. The van der Waals surface area contributed by atoms with Crippen molar-refractivity contribution in [3.05, 3.63) is 53.1 Å². The van der Waals surface area contributed by atoms with Crippen LogP contribution in [0.15, 0.2) is 42.5 Å². The second-order valence-corrected chi connectivity index (χ2v) is 6.26. The number of amides is 2. The second kappa shape index (κ2) is 7.57. The van der Waals surface area contributed by atoms with Gasteiger partial charge in [-0.2, -0.15) is 0 Å². The molecule has 1 N–H and O–H groups in total. The van der Waals surface area contributed by atoms with Crippen LogP contribution in [0.25, 0.3) is 0 Å². The summed E-state index contributed by atoms with van der Waals surface area (Å²) in [4.78, 5) is 25.9. The lowest BCUT2D eigenvalue weighted by molar-refractivity contribution is -0.117. The number of rotatable bonds is 5. The van der Waals surface area contributed by atoms with Gasteiger partial charge in [-0.3, -0.25) is 9.59 Å². The van der Waals surface area contributed by atoms with E-state index in [-0.39, 0.29) is 18.2 Å². The monoisotopic (exact) mass is 358 g/mol. The summed E-state index contributed by atoms with van der Waals surface area (Å²) in [6.07, 6.45) is 1.59. The number of methoxy groups -OCH3 is 1. The second-order valence-electron chi connectivity index (χ2n) is 5.85. The maximum Gasteiger partial charge on any atom is 0.228 e. The molecule has 0 saturated carbocycles. The molecule has 2 aromatic rings. The molecule has 2 aromatic carbocycles. The SMILES string of the molecule is COc1cc(NC(=O)Cc2ccccc2Cl)ccc1N1CCCC1=O. The predicted octanol–water partition coefficient (Wildman–Crippen LogP) is 3.66. The van der Waals surface area contributed by atoms with Crippen LogP contribution in [0.3, 0.4) is 0 Å². The molecule has 6 heteroatoms. The zero-order chi connectivity index (χ0) is 17.8. The molecule has 0 bridgehead atoms. The molecule has 25 heavy (non-hydrogen) atoms. The number of ether oxygens (including phenoxy) is 1. The molecule has 5 nitrogen and oxygen atoms in total. The zero-order valence-electron chi connectivity index (χ0n) is 13.9. The largest absolute Gasteiger partial charge is 0.494 e. The maximum atomic E-state index is 12.3. The highest BCUT2D eigenvalue weighted by Crippen LogP contribution is 2.33. The first kappa shape index (κ1) is 17.3. The Bertz CT molecular complexity index is 807. The van der Waals surface area contributed by atoms with Crippen molar-refractivity contribution < 1.29 is 14.3 Å². The Morgan fingerprint density at radius 3 is 2.76 bits per heavy atom. The van der Waals surface area contributed by atoms with E-state index in [1.54, 1.807) is 36.3 Å². The normalized spacial score (nSPS) is 13.8. The highest BCUT2D eigenvalue weighted by atomic mass is 35.5. The predicted molar refractivity (Wildman–Crippen MR) is 98.4 cm³/mol. The van der Waals surface area contributed by atoms with Gasteiger partial charge in [0.25, 0.3) is 0 Å². The highest BCUT2D eigenvalue weighted by molar-refractivity contribution is 6.31. The quantitative estimate of drug-likeness (QED) is 0.887. The van der Waals surface area contributed by atoms with Gasteiger partial charge in [-0.1, -0.05) is 29.8 Å². The van der Waals surface area contributed by atoms with Crippen LogP contribution in [0.1, 0.15) is 18.4 Å². The van der Waals surface area contributed by atoms with Crippen LogP contribution in [0.4, 0.5) is 11.4 Å². The Balaban J connectivity index is 1.73. The Morgan fingerprint density at radius 1 is 1.28 bits per heavy atom. The fraction of sp³-hybridized carbons (Fsp3) is 0.263. The number of hydrogen-bond donors (Lipinski definition) is 1. The summed E-state index contributed by atoms with van der Waals surface area (Å²) in [7, 11) is 1.55. The van der Waals surface area contributed by atoms with E-state index in [4.69, 9.17) is 16.3 Å². The van der Waals surface area contributed by atoms with Gasteiger partial charge in [-0.15, -0.1) is 0 Å². The minimum Gasteiger partial charge on any atom is -0.494 e. The van der Waals surface area contributed by atoms with Crippen molar-refractivity contribution in [3.63, 3.8) is 0 Å². The lowest BCUT2D eigenvalue weighted by atomic mass is 10.1. The van der Waals surface area contributed by atoms with Gasteiger partial charge in [-0.05, 0) is 30.2 Å².